The van der Waals surface area contributed by atoms with Gasteiger partial charge in [-0.2, -0.15) is 0 Å². The Kier molecular flexibility index (Phi) is 7.93. The van der Waals surface area contributed by atoms with Crippen LogP contribution in [0.3, 0.4) is 0 Å². The molecule has 0 radical (unpaired) electrons. The maximum Gasteiger partial charge on any atom is 0.145 e. The smallest absolute Gasteiger partial charge is 0.145 e. The van der Waals surface area contributed by atoms with Crippen LogP contribution in [-0.4, -0.2) is 71.8 Å². The molecule has 2 aromatic rings. The highest BCUT2D eigenvalue weighted by molar-refractivity contribution is 6.31. The van der Waals surface area contributed by atoms with E-state index in [0.717, 1.165) is 16.9 Å². The third kappa shape index (κ3) is 4.88. The van der Waals surface area contributed by atoms with Crippen LogP contribution in [0.1, 0.15) is 23.6 Å². The van der Waals surface area contributed by atoms with Crippen LogP contribution in [0.5, 0.6) is 5.75 Å². The quantitative estimate of drug-likeness (QED) is 0.482. The largest absolute Gasteiger partial charge is 0.494 e. The van der Waals surface area contributed by atoms with Gasteiger partial charge in [-0.25, -0.2) is 0 Å². The molecule has 7 nitrogen and oxygen atoms in total. The summed E-state index contributed by atoms with van der Waals surface area (Å²) in [5, 5.41) is 41.6. The highest BCUT2D eigenvalue weighted by Gasteiger charge is 2.54. The molecule has 0 aromatic heterocycles. The summed E-state index contributed by atoms with van der Waals surface area (Å²) in [4.78, 5) is 0. The normalized spacial score (nSPS) is 28.5. The second kappa shape index (κ2) is 10.3. The Balaban J connectivity index is 1.96. The molecule has 0 bridgehead atoms. The van der Waals surface area contributed by atoms with E-state index in [1.54, 1.807) is 18.2 Å². The van der Waals surface area contributed by atoms with E-state index >= 15 is 0 Å². The fourth-order valence-corrected chi connectivity index (χ4v) is 4.14. The summed E-state index contributed by atoms with van der Waals surface area (Å²) in [5.74, 6) is 0.784. The van der Waals surface area contributed by atoms with E-state index in [2.05, 4.69) is 0 Å². The van der Waals surface area contributed by atoms with Gasteiger partial charge in [0.05, 0.1) is 19.8 Å². The number of aliphatic hydroxyl groups excluding tert-OH is 4. The first-order valence-corrected chi connectivity index (χ1v) is 10.6. The van der Waals surface area contributed by atoms with E-state index < -0.39 is 36.6 Å². The molecule has 1 heterocycles. The lowest BCUT2D eigenvalue weighted by atomic mass is 9.79. The molecule has 0 amide bonds. The third-order valence-corrected chi connectivity index (χ3v) is 5.96. The molecule has 3 rings (SSSR count). The number of aliphatic hydroxyl groups is 4. The molecule has 0 saturated carbocycles. The van der Waals surface area contributed by atoms with Gasteiger partial charge in [-0.3, -0.25) is 0 Å². The molecule has 0 aliphatic carbocycles. The van der Waals surface area contributed by atoms with Crippen LogP contribution in [0.2, 0.25) is 5.02 Å². The highest BCUT2D eigenvalue weighted by Crippen LogP contribution is 2.40. The zero-order valence-electron chi connectivity index (χ0n) is 17.6. The zero-order valence-corrected chi connectivity index (χ0v) is 18.3. The van der Waals surface area contributed by atoms with Gasteiger partial charge in [0.1, 0.15) is 35.8 Å². The number of hydrogen-bond acceptors (Lipinski definition) is 7. The van der Waals surface area contributed by atoms with Crippen LogP contribution in [-0.2, 0) is 21.5 Å². The number of ether oxygens (including phenoxy) is 3. The number of halogens is 1. The van der Waals surface area contributed by atoms with Crippen molar-refractivity contribution in [1.82, 2.24) is 0 Å². The van der Waals surface area contributed by atoms with Crippen LogP contribution in [0.15, 0.2) is 42.5 Å². The number of methoxy groups -OCH3 is 1. The predicted molar refractivity (Wildman–Crippen MR) is 115 cm³/mol. The Labute approximate surface area is 186 Å². The molecule has 0 unspecified atom stereocenters. The first-order chi connectivity index (χ1) is 14.9. The Hall–Kier alpha value is -1.71. The van der Waals surface area contributed by atoms with Gasteiger partial charge in [0.25, 0.3) is 0 Å². The molecule has 2 aromatic carbocycles. The first kappa shape index (κ1) is 23.9. The Bertz CT molecular complexity index is 858. The van der Waals surface area contributed by atoms with Gasteiger partial charge in [-0.15, -0.1) is 0 Å². The number of hydrogen-bond donors (Lipinski definition) is 4. The second-order valence-corrected chi connectivity index (χ2v) is 8.05. The van der Waals surface area contributed by atoms with Gasteiger partial charge in [0.2, 0.25) is 0 Å². The van der Waals surface area contributed by atoms with Gasteiger partial charge >= 0.3 is 0 Å². The summed E-state index contributed by atoms with van der Waals surface area (Å²) in [5.41, 5.74) is 0.836. The highest BCUT2D eigenvalue weighted by atomic mass is 35.5. The fraction of sp³-hybridized carbons (Fsp3) is 0.478. The summed E-state index contributed by atoms with van der Waals surface area (Å²) in [7, 11) is 1.44. The molecule has 1 aliphatic heterocycles. The lowest BCUT2D eigenvalue weighted by Gasteiger charge is -2.48. The van der Waals surface area contributed by atoms with E-state index in [1.807, 2.05) is 31.2 Å². The Morgan fingerprint density at radius 3 is 2.39 bits per heavy atom. The molecular formula is C23H29ClO7. The van der Waals surface area contributed by atoms with E-state index in [-0.39, 0.29) is 6.61 Å². The van der Waals surface area contributed by atoms with Crippen LogP contribution >= 0.6 is 11.6 Å². The van der Waals surface area contributed by atoms with Crippen LogP contribution in [0.25, 0.3) is 0 Å². The molecule has 4 N–H and O–H groups in total. The van der Waals surface area contributed by atoms with Crippen molar-refractivity contribution in [1.29, 1.82) is 0 Å². The third-order valence-electron chi connectivity index (χ3n) is 5.60. The van der Waals surface area contributed by atoms with Gasteiger partial charge < -0.3 is 34.6 Å². The molecule has 1 saturated heterocycles. The molecule has 170 valence electrons. The van der Waals surface area contributed by atoms with E-state index in [4.69, 9.17) is 25.8 Å². The average Bonchev–Trinajstić information content (AvgIpc) is 2.77. The maximum atomic E-state index is 10.8. The molecular weight excluding hydrogens is 424 g/mol. The van der Waals surface area contributed by atoms with Crippen LogP contribution in [0.4, 0.5) is 0 Å². The standard InChI is InChI=1S/C23H29ClO7/c1-3-30-17-7-4-14(5-8-17)10-15-11-16(6-9-18(15)24)23(13-29-2)22(28)21(27)20(26)19(12-25)31-23/h4-9,11,19-22,25-28H,3,10,12-13H2,1-2H3/t19-,20+,21-,22+,23+/m0/s1. The van der Waals surface area contributed by atoms with E-state index in [1.165, 1.54) is 7.11 Å². The first-order valence-electron chi connectivity index (χ1n) is 10.2. The second-order valence-electron chi connectivity index (χ2n) is 7.65. The average molecular weight is 453 g/mol. The summed E-state index contributed by atoms with van der Waals surface area (Å²) >= 11 is 6.44. The van der Waals surface area contributed by atoms with Crippen molar-refractivity contribution in [2.75, 3.05) is 26.9 Å². The van der Waals surface area contributed by atoms with Gasteiger partial charge in [0.15, 0.2) is 0 Å². The summed E-state index contributed by atoms with van der Waals surface area (Å²) < 4.78 is 16.7. The lowest BCUT2D eigenvalue weighted by Crippen LogP contribution is -2.65. The number of rotatable bonds is 8. The van der Waals surface area contributed by atoms with Crippen molar-refractivity contribution in [2.45, 2.75) is 43.4 Å². The van der Waals surface area contributed by atoms with Crippen molar-refractivity contribution < 1.29 is 34.6 Å². The molecule has 1 fully saturated rings. The minimum atomic E-state index is -1.52. The predicted octanol–water partition coefficient (Wildman–Crippen LogP) is 1.64. The summed E-state index contributed by atoms with van der Waals surface area (Å²) in [6.07, 6.45) is -5.00. The monoisotopic (exact) mass is 452 g/mol. The Morgan fingerprint density at radius 1 is 1.06 bits per heavy atom. The molecule has 1 aliphatic rings. The fourth-order valence-electron chi connectivity index (χ4n) is 3.96. The topological polar surface area (TPSA) is 109 Å². The molecule has 0 spiro atoms. The van der Waals surface area contributed by atoms with Gasteiger partial charge in [-0.1, -0.05) is 35.9 Å². The van der Waals surface area contributed by atoms with Gasteiger partial charge in [0, 0.05) is 12.1 Å². The number of benzene rings is 2. The van der Waals surface area contributed by atoms with Crippen LogP contribution in [0, 0.1) is 0 Å². The summed E-state index contributed by atoms with van der Waals surface area (Å²) in [6, 6.07) is 12.9. The minimum absolute atomic E-state index is 0.0986. The summed E-state index contributed by atoms with van der Waals surface area (Å²) in [6.45, 7) is 1.89. The molecule has 8 heteroatoms. The van der Waals surface area contributed by atoms with Crippen molar-refractivity contribution in [2.24, 2.45) is 0 Å². The SMILES string of the molecule is CCOc1ccc(Cc2cc([C@@]3(COC)O[C@@H](CO)[C@@H](O)[C@H](O)[C@H]3O)ccc2Cl)cc1. The van der Waals surface area contributed by atoms with Crippen molar-refractivity contribution in [3.8, 4) is 5.75 Å². The molecule has 31 heavy (non-hydrogen) atoms. The maximum absolute atomic E-state index is 10.8. The zero-order chi connectivity index (χ0) is 22.6. The minimum Gasteiger partial charge on any atom is -0.494 e. The Morgan fingerprint density at radius 2 is 1.77 bits per heavy atom. The van der Waals surface area contributed by atoms with Crippen molar-refractivity contribution >= 4 is 11.6 Å². The molecule has 5 atom stereocenters. The van der Waals surface area contributed by atoms with Crippen molar-refractivity contribution in [3.05, 3.63) is 64.2 Å². The van der Waals surface area contributed by atoms with E-state index in [9.17, 15) is 20.4 Å². The van der Waals surface area contributed by atoms with E-state index in [0.29, 0.717) is 23.6 Å². The van der Waals surface area contributed by atoms with Crippen LogP contribution < -0.4 is 4.74 Å². The van der Waals surface area contributed by atoms with Gasteiger partial charge in [-0.05, 0) is 48.2 Å². The van der Waals surface area contributed by atoms with Crippen molar-refractivity contribution in [3.63, 3.8) is 0 Å². The lowest BCUT2D eigenvalue weighted by molar-refractivity contribution is -0.290.